The molecule has 0 heterocycles. The second-order valence-corrected chi connectivity index (χ2v) is 12.7. The average Bonchev–Trinajstić information content (AvgIpc) is 3.11. The third-order valence-corrected chi connectivity index (χ3v) is 10.7. The molecule has 0 radical (unpaired) electrons. The van der Waals surface area contributed by atoms with Gasteiger partial charge in [0.1, 0.15) is 6.10 Å². The molecule has 0 N–H and O–H groups in total. The van der Waals surface area contributed by atoms with Crippen LogP contribution >= 0.6 is 0 Å². The van der Waals surface area contributed by atoms with Crippen molar-refractivity contribution >= 4 is 5.97 Å². The van der Waals surface area contributed by atoms with Gasteiger partial charge in [0.25, 0.3) is 0 Å². The maximum Gasteiger partial charge on any atom is 0.384 e. The molecule has 4 aliphatic rings. The summed E-state index contributed by atoms with van der Waals surface area (Å²) in [6, 6.07) is 0. The third-order valence-electron chi connectivity index (χ3n) is 10.7. The van der Waals surface area contributed by atoms with Gasteiger partial charge in [-0.25, -0.2) is 4.79 Å². The van der Waals surface area contributed by atoms with Crippen molar-refractivity contribution in [2.24, 2.45) is 46.3 Å². The SMILES string of the molecule is C#CC(=O)O[C@H]1CC[C@@]2(C)C(=CCC3C2CC[C@@]2(C)C3CC[C@@H]2C(C)CCCC(C)C)C1. The van der Waals surface area contributed by atoms with E-state index in [9.17, 15) is 4.79 Å². The van der Waals surface area contributed by atoms with Gasteiger partial charge in [0, 0.05) is 12.3 Å². The molecule has 178 valence electrons. The number of hydrogen-bond acceptors (Lipinski definition) is 2. The van der Waals surface area contributed by atoms with Crippen LogP contribution in [0.25, 0.3) is 0 Å². The molecule has 3 fully saturated rings. The van der Waals surface area contributed by atoms with E-state index in [1.165, 1.54) is 51.4 Å². The minimum absolute atomic E-state index is 0.0224. The number of rotatable bonds is 6. The first-order chi connectivity index (χ1) is 15.2. The summed E-state index contributed by atoms with van der Waals surface area (Å²) in [6.07, 6.45) is 21.9. The van der Waals surface area contributed by atoms with E-state index in [0.29, 0.717) is 10.8 Å². The smallest absolute Gasteiger partial charge is 0.384 e. The van der Waals surface area contributed by atoms with E-state index in [-0.39, 0.29) is 6.10 Å². The molecule has 0 aromatic carbocycles. The highest BCUT2D eigenvalue weighted by Gasteiger charge is 2.59. The van der Waals surface area contributed by atoms with Gasteiger partial charge in [-0.05, 0) is 91.3 Å². The van der Waals surface area contributed by atoms with Crippen LogP contribution in [0.4, 0.5) is 0 Å². The zero-order valence-electron chi connectivity index (χ0n) is 21.3. The van der Waals surface area contributed by atoms with E-state index in [2.05, 4.69) is 46.6 Å². The largest absolute Gasteiger partial charge is 0.452 e. The second-order valence-electron chi connectivity index (χ2n) is 12.7. The van der Waals surface area contributed by atoms with Crippen molar-refractivity contribution in [1.29, 1.82) is 0 Å². The summed E-state index contributed by atoms with van der Waals surface area (Å²) in [7, 11) is 0. The Kier molecular flexibility index (Phi) is 6.87. The Morgan fingerprint density at radius 2 is 1.91 bits per heavy atom. The minimum Gasteiger partial charge on any atom is -0.452 e. The summed E-state index contributed by atoms with van der Waals surface area (Å²) in [4.78, 5) is 11.6. The van der Waals surface area contributed by atoms with Gasteiger partial charge in [0.05, 0.1) is 0 Å². The molecule has 4 rings (SSSR count). The number of fused-ring (bicyclic) bond motifs is 5. The molecule has 0 aromatic rings. The van der Waals surface area contributed by atoms with Crippen LogP contribution in [0.1, 0.15) is 105 Å². The Morgan fingerprint density at radius 1 is 1.12 bits per heavy atom. The summed E-state index contributed by atoms with van der Waals surface area (Å²) >= 11 is 0. The fourth-order valence-corrected chi connectivity index (χ4v) is 8.94. The number of carbonyl (C=O) groups is 1. The molecule has 0 saturated heterocycles. The Labute approximate surface area is 197 Å². The van der Waals surface area contributed by atoms with E-state index in [1.807, 2.05) is 0 Å². The van der Waals surface area contributed by atoms with Crippen LogP contribution < -0.4 is 0 Å². The first kappa shape index (κ1) is 23.9. The minimum atomic E-state index is -0.499. The van der Waals surface area contributed by atoms with E-state index >= 15 is 0 Å². The Hall–Kier alpha value is -1.23. The monoisotopic (exact) mass is 438 g/mol. The lowest BCUT2D eigenvalue weighted by atomic mass is 9.47. The molecule has 0 aliphatic heterocycles. The highest BCUT2D eigenvalue weighted by atomic mass is 16.5. The zero-order chi connectivity index (χ0) is 23.1. The Balaban J connectivity index is 1.46. The van der Waals surface area contributed by atoms with Crippen molar-refractivity contribution in [3.63, 3.8) is 0 Å². The van der Waals surface area contributed by atoms with E-state index < -0.39 is 5.97 Å². The molecule has 4 unspecified atom stereocenters. The molecule has 4 aliphatic carbocycles. The van der Waals surface area contributed by atoms with Crippen molar-refractivity contribution < 1.29 is 9.53 Å². The van der Waals surface area contributed by atoms with Gasteiger partial charge in [-0.3, -0.25) is 0 Å². The van der Waals surface area contributed by atoms with Crippen LogP contribution in [-0.2, 0) is 9.53 Å². The van der Waals surface area contributed by atoms with Crippen molar-refractivity contribution in [3.05, 3.63) is 11.6 Å². The van der Waals surface area contributed by atoms with Gasteiger partial charge >= 0.3 is 5.97 Å². The molecular formula is C30H46O2. The lowest BCUT2D eigenvalue weighted by molar-refractivity contribution is -0.144. The molecule has 0 bridgehead atoms. The second kappa shape index (κ2) is 9.19. The molecule has 2 heteroatoms. The first-order valence-electron chi connectivity index (χ1n) is 13.6. The molecular weight excluding hydrogens is 392 g/mol. The number of ether oxygens (including phenoxy) is 1. The Bertz CT molecular complexity index is 772. The topological polar surface area (TPSA) is 26.3 Å². The summed E-state index contributed by atoms with van der Waals surface area (Å²) < 4.78 is 5.53. The van der Waals surface area contributed by atoms with Gasteiger partial charge in [0.15, 0.2) is 0 Å². The number of hydrogen-bond donors (Lipinski definition) is 0. The maximum atomic E-state index is 11.6. The first-order valence-corrected chi connectivity index (χ1v) is 13.6. The fourth-order valence-electron chi connectivity index (χ4n) is 8.94. The zero-order valence-corrected chi connectivity index (χ0v) is 21.3. The van der Waals surface area contributed by atoms with Crippen LogP contribution in [0, 0.1) is 58.7 Å². The molecule has 2 nitrogen and oxygen atoms in total. The predicted molar refractivity (Wildman–Crippen MR) is 132 cm³/mol. The lowest BCUT2D eigenvalue weighted by Crippen LogP contribution is -2.51. The van der Waals surface area contributed by atoms with Gasteiger partial charge in [0.2, 0.25) is 0 Å². The molecule has 0 aromatic heterocycles. The highest BCUT2D eigenvalue weighted by Crippen LogP contribution is 2.67. The van der Waals surface area contributed by atoms with Gasteiger partial charge in [-0.15, -0.1) is 6.42 Å². The summed E-state index contributed by atoms with van der Waals surface area (Å²) in [5.41, 5.74) is 2.39. The van der Waals surface area contributed by atoms with Crippen molar-refractivity contribution in [2.75, 3.05) is 0 Å². The number of esters is 1. The quantitative estimate of drug-likeness (QED) is 0.185. The molecule has 0 spiro atoms. The van der Waals surface area contributed by atoms with Crippen LogP contribution in [0.5, 0.6) is 0 Å². The van der Waals surface area contributed by atoms with Crippen molar-refractivity contribution in [2.45, 2.75) is 111 Å². The van der Waals surface area contributed by atoms with Crippen LogP contribution in [0.3, 0.4) is 0 Å². The van der Waals surface area contributed by atoms with E-state index in [1.54, 1.807) is 5.57 Å². The molecule has 32 heavy (non-hydrogen) atoms. The summed E-state index contributed by atoms with van der Waals surface area (Å²) in [5.74, 6) is 6.78. The van der Waals surface area contributed by atoms with Crippen molar-refractivity contribution in [3.8, 4) is 12.3 Å². The highest BCUT2D eigenvalue weighted by molar-refractivity contribution is 5.87. The van der Waals surface area contributed by atoms with Gasteiger partial charge in [-0.1, -0.05) is 65.5 Å². The predicted octanol–water partition coefficient (Wildman–Crippen LogP) is 7.57. The van der Waals surface area contributed by atoms with Crippen molar-refractivity contribution in [1.82, 2.24) is 0 Å². The number of allylic oxidation sites excluding steroid dienone is 1. The molecule has 3 saturated carbocycles. The third kappa shape index (κ3) is 4.19. The Morgan fingerprint density at radius 3 is 2.62 bits per heavy atom. The van der Waals surface area contributed by atoms with Crippen LogP contribution in [-0.4, -0.2) is 12.1 Å². The average molecular weight is 439 g/mol. The summed E-state index contributed by atoms with van der Waals surface area (Å²) in [6.45, 7) is 12.5. The number of carbonyl (C=O) groups excluding carboxylic acids is 1. The van der Waals surface area contributed by atoms with Gasteiger partial charge < -0.3 is 4.74 Å². The lowest BCUT2D eigenvalue weighted by Gasteiger charge is -2.58. The van der Waals surface area contributed by atoms with E-state index in [4.69, 9.17) is 11.2 Å². The number of terminal acetylenes is 1. The maximum absolute atomic E-state index is 11.6. The molecule has 8 atom stereocenters. The van der Waals surface area contributed by atoms with Crippen LogP contribution in [0.2, 0.25) is 0 Å². The van der Waals surface area contributed by atoms with Crippen LogP contribution in [0.15, 0.2) is 11.6 Å². The fraction of sp³-hybridized carbons (Fsp3) is 0.833. The van der Waals surface area contributed by atoms with E-state index in [0.717, 1.165) is 54.8 Å². The molecule has 0 amide bonds. The standard InChI is InChI=1S/C30H46O2/c1-7-28(31)32-23-15-17-29(5)22(19-23)11-12-24-26-14-13-25(21(4)10-8-9-20(2)3)30(26,6)18-16-27(24)29/h1,11,20-21,23-27H,8-10,12-19H2,2-6H3/t21?,23-,24?,25+,26?,27?,29-,30+/m0/s1. The normalized spacial score (nSPS) is 41.7. The van der Waals surface area contributed by atoms with Gasteiger partial charge in [-0.2, -0.15) is 0 Å². The summed E-state index contributed by atoms with van der Waals surface area (Å²) in [5, 5.41) is 0.